The normalized spacial score (nSPS) is 11.5. The van der Waals surface area contributed by atoms with Gasteiger partial charge in [0.1, 0.15) is 0 Å². The quantitative estimate of drug-likeness (QED) is 0.151. The van der Waals surface area contributed by atoms with Crippen LogP contribution in [0, 0.1) is 0 Å². The molecule has 0 bridgehead atoms. The van der Waals surface area contributed by atoms with Gasteiger partial charge in [-0.2, -0.15) is 0 Å². The van der Waals surface area contributed by atoms with Gasteiger partial charge in [0, 0.05) is 60.4 Å². The summed E-state index contributed by atoms with van der Waals surface area (Å²) < 4.78 is 2.39. The van der Waals surface area contributed by atoms with E-state index in [1.165, 1.54) is 21.7 Å². The molecule has 294 valence electrons. The van der Waals surface area contributed by atoms with Crippen molar-refractivity contribution in [2.75, 3.05) is 0 Å². The van der Waals surface area contributed by atoms with Gasteiger partial charge < -0.3 is 4.57 Å². The molecule has 12 rings (SSSR count). The van der Waals surface area contributed by atoms with E-state index in [0.717, 1.165) is 89.1 Å². The number of hydrogen-bond donors (Lipinski definition) is 0. The average Bonchev–Trinajstić information content (AvgIpc) is 3.71. The second-order valence-electron chi connectivity index (χ2n) is 15.9. The zero-order chi connectivity index (χ0) is 41.7. The summed E-state index contributed by atoms with van der Waals surface area (Å²) in [5.74, 6) is 0.672. The smallest absolute Gasteiger partial charge is 0.160 e. The minimum atomic E-state index is 0.672. The molecule has 0 aliphatic heterocycles. The van der Waals surface area contributed by atoms with E-state index < -0.39 is 0 Å². The number of fused-ring (bicyclic) bond motifs is 7. The van der Waals surface area contributed by atoms with Crippen LogP contribution in [0.1, 0.15) is 0 Å². The fraction of sp³-hybridized carbons (Fsp3) is 0. The number of pyridine rings is 1. The van der Waals surface area contributed by atoms with E-state index in [-0.39, 0.29) is 0 Å². The molecule has 0 amide bonds. The highest BCUT2D eigenvalue weighted by Gasteiger charge is 2.23. The Balaban J connectivity index is 1.11. The van der Waals surface area contributed by atoms with Gasteiger partial charge in [0.05, 0.1) is 33.6 Å². The molecule has 4 heteroatoms. The SMILES string of the molecule is c1ccc(-c2cccc(-c3nc(-c4ccccc4)c(-c4cccc(-c5nc6ccccc6c6c5ccc5c6c6ccccc6n5-c5ccccc5)c4)c(-c4ccccc4)n3)c2)cc1. The van der Waals surface area contributed by atoms with Crippen molar-refractivity contribution in [3.8, 4) is 73.1 Å². The average molecular weight is 803 g/mol. The molecular formula is C59H38N4. The van der Waals surface area contributed by atoms with Crippen LogP contribution in [0.15, 0.2) is 231 Å². The molecular weight excluding hydrogens is 765 g/mol. The minimum Gasteiger partial charge on any atom is -0.309 e. The van der Waals surface area contributed by atoms with Crippen molar-refractivity contribution in [1.29, 1.82) is 0 Å². The molecule has 0 radical (unpaired) electrons. The first kappa shape index (κ1) is 36.4. The number of benzene rings is 9. The monoisotopic (exact) mass is 802 g/mol. The standard InChI is InChI=1S/C59H38N4/c1-5-19-39(20-6-1)42-25-17-28-45(37-42)59-61-57(40-21-7-2-8-22-40)53(58(62-59)41-23-9-3-10-24-41)43-26-18-27-44(38-43)56-49-35-36-52-55(54(49)47-31-13-15-33-50(47)60-56)48-32-14-16-34-51(48)63(52)46-29-11-4-12-30-46/h1-38H. The van der Waals surface area contributed by atoms with Gasteiger partial charge in [0.2, 0.25) is 0 Å². The van der Waals surface area contributed by atoms with Crippen molar-refractivity contribution in [2.45, 2.75) is 0 Å². The van der Waals surface area contributed by atoms with E-state index in [1.54, 1.807) is 0 Å². The number of aromatic nitrogens is 4. The molecule has 0 aliphatic carbocycles. The summed E-state index contributed by atoms with van der Waals surface area (Å²) in [6.07, 6.45) is 0. The highest BCUT2D eigenvalue weighted by molar-refractivity contribution is 6.29. The molecule has 0 saturated carbocycles. The number of hydrogen-bond acceptors (Lipinski definition) is 3. The Morgan fingerprint density at radius 2 is 0.810 bits per heavy atom. The fourth-order valence-electron chi connectivity index (χ4n) is 9.34. The highest BCUT2D eigenvalue weighted by atomic mass is 15.0. The summed E-state index contributed by atoms with van der Waals surface area (Å²) in [6, 6.07) is 81.3. The third-order valence-electron chi connectivity index (χ3n) is 12.2. The summed E-state index contributed by atoms with van der Waals surface area (Å²) >= 11 is 0. The van der Waals surface area contributed by atoms with Gasteiger partial charge >= 0.3 is 0 Å². The maximum Gasteiger partial charge on any atom is 0.160 e. The molecule has 0 fully saturated rings. The summed E-state index contributed by atoms with van der Waals surface area (Å²) in [5, 5.41) is 5.87. The van der Waals surface area contributed by atoms with Gasteiger partial charge in [-0.25, -0.2) is 15.0 Å². The van der Waals surface area contributed by atoms with Crippen molar-refractivity contribution in [2.24, 2.45) is 0 Å². The summed E-state index contributed by atoms with van der Waals surface area (Å²) in [5.41, 5.74) is 15.4. The maximum absolute atomic E-state index is 5.47. The molecule has 9 aromatic carbocycles. The van der Waals surface area contributed by atoms with E-state index in [9.17, 15) is 0 Å². The Bertz CT molecular complexity index is 3590. The molecule has 3 aromatic heterocycles. The molecule has 0 spiro atoms. The van der Waals surface area contributed by atoms with Crippen LogP contribution in [-0.4, -0.2) is 19.5 Å². The highest BCUT2D eigenvalue weighted by Crippen LogP contribution is 2.45. The van der Waals surface area contributed by atoms with Gasteiger partial charge in [0.25, 0.3) is 0 Å². The third kappa shape index (κ3) is 6.27. The maximum atomic E-state index is 5.47. The van der Waals surface area contributed by atoms with Crippen molar-refractivity contribution in [1.82, 2.24) is 19.5 Å². The fourth-order valence-corrected chi connectivity index (χ4v) is 9.34. The topological polar surface area (TPSA) is 43.6 Å². The Morgan fingerprint density at radius 1 is 0.286 bits per heavy atom. The molecule has 0 N–H and O–H groups in total. The minimum absolute atomic E-state index is 0.672. The van der Waals surface area contributed by atoms with E-state index >= 15 is 0 Å². The van der Waals surface area contributed by atoms with Crippen molar-refractivity contribution >= 4 is 43.5 Å². The van der Waals surface area contributed by atoms with Gasteiger partial charge in [-0.1, -0.05) is 188 Å². The number of para-hydroxylation sites is 3. The lowest BCUT2D eigenvalue weighted by Crippen LogP contribution is -2.01. The molecule has 63 heavy (non-hydrogen) atoms. The van der Waals surface area contributed by atoms with Gasteiger partial charge in [0.15, 0.2) is 5.82 Å². The van der Waals surface area contributed by atoms with Crippen LogP contribution in [0.3, 0.4) is 0 Å². The van der Waals surface area contributed by atoms with Crippen LogP contribution >= 0.6 is 0 Å². The van der Waals surface area contributed by atoms with Gasteiger partial charge in [-0.3, -0.25) is 0 Å². The first-order valence-electron chi connectivity index (χ1n) is 21.4. The van der Waals surface area contributed by atoms with E-state index in [4.69, 9.17) is 15.0 Å². The lowest BCUT2D eigenvalue weighted by molar-refractivity contribution is 1.18. The van der Waals surface area contributed by atoms with E-state index in [1.807, 2.05) is 6.07 Å². The second kappa shape index (κ2) is 15.2. The first-order valence-corrected chi connectivity index (χ1v) is 21.4. The van der Waals surface area contributed by atoms with E-state index in [0.29, 0.717) is 5.82 Å². The lowest BCUT2D eigenvalue weighted by Gasteiger charge is -2.18. The predicted octanol–water partition coefficient (Wildman–Crippen LogP) is 15.3. The van der Waals surface area contributed by atoms with Crippen molar-refractivity contribution in [3.05, 3.63) is 231 Å². The molecule has 0 unspecified atom stereocenters. The Kier molecular flexibility index (Phi) is 8.79. The molecule has 3 heterocycles. The molecule has 0 aliphatic rings. The largest absolute Gasteiger partial charge is 0.309 e. The predicted molar refractivity (Wildman–Crippen MR) is 262 cm³/mol. The van der Waals surface area contributed by atoms with Gasteiger partial charge in [-0.15, -0.1) is 0 Å². The molecule has 0 saturated heterocycles. The van der Waals surface area contributed by atoms with Crippen molar-refractivity contribution in [3.63, 3.8) is 0 Å². The molecule has 0 atom stereocenters. The molecule has 12 aromatic rings. The Labute approximate surface area is 365 Å². The van der Waals surface area contributed by atoms with Crippen molar-refractivity contribution < 1.29 is 0 Å². The molecule has 4 nitrogen and oxygen atoms in total. The van der Waals surface area contributed by atoms with Crippen LogP contribution in [0.4, 0.5) is 0 Å². The lowest BCUT2D eigenvalue weighted by atomic mass is 9.91. The second-order valence-corrected chi connectivity index (χ2v) is 15.9. The zero-order valence-corrected chi connectivity index (χ0v) is 34.2. The Hall–Kier alpha value is -8.47. The number of nitrogens with zero attached hydrogens (tertiary/aromatic N) is 4. The van der Waals surface area contributed by atoms with Gasteiger partial charge in [-0.05, 0) is 59.2 Å². The first-order chi connectivity index (χ1) is 31.3. The summed E-state index contributed by atoms with van der Waals surface area (Å²) in [4.78, 5) is 16.4. The number of rotatable bonds is 7. The Morgan fingerprint density at radius 3 is 1.51 bits per heavy atom. The zero-order valence-electron chi connectivity index (χ0n) is 34.2. The van der Waals surface area contributed by atoms with Crippen LogP contribution < -0.4 is 0 Å². The third-order valence-corrected chi connectivity index (χ3v) is 12.2. The van der Waals surface area contributed by atoms with Crippen LogP contribution in [0.25, 0.3) is 117 Å². The van der Waals surface area contributed by atoms with Crippen LogP contribution in [0.5, 0.6) is 0 Å². The van der Waals surface area contributed by atoms with Crippen LogP contribution in [-0.2, 0) is 0 Å². The summed E-state index contributed by atoms with van der Waals surface area (Å²) in [6.45, 7) is 0. The van der Waals surface area contributed by atoms with E-state index in [2.05, 4.69) is 229 Å². The van der Waals surface area contributed by atoms with Crippen LogP contribution in [0.2, 0.25) is 0 Å². The summed E-state index contributed by atoms with van der Waals surface area (Å²) in [7, 11) is 0.